The number of carbonyl (C=O) groups is 1. The molecule has 1 amide bonds. The zero-order chi connectivity index (χ0) is 20.5. The highest BCUT2D eigenvalue weighted by Gasteiger charge is 2.25. The summed E-state index contributed by atoms with van der Waals surface area (Å²) < 4.78 is 5.48. The van der Waals surface area contributed by atoms with Crippen molar-refractivity contribution in [2.24, 2.45) is 4.99 Å². The number of para-hydroxylation sites is 3. The third kappa shape index (κ3) is 5.88. The molecule has 7 heteroatoms. The Kier molecular flexibility index (Phi) is 7.33. The first-order valence-corrected chi connectivity index (χ1v) is 9.97. The second kappa shape index (κ2) is 10.4. The molecule has 0 radical (unpaired) electrons. The fraction of sp³-hybridized carbons (Fsp3) is 0.364. The van der Waals surface area contributed by atoms with E-state index in [1.54, 1.807) is 7.11 Å². The van der Waals surface area contributed by atoms with Crippen LogP contribution in [0.25, 0.3) is 0 Å². The molecule has 2 aromatic carbocycles. The van der Waals surface area contributed by atoms with Gasteiger partial charge in [-0.2, -0.15) is 0 Å². The van der Waals surface area contributed by atoms with Crippen LogP contribution in [-0.4, -0.2) is 51.2 Å². The third-order valence-electron chi connectivity index (χ3n) is 4.74. The molecule has 0 saturated carbocycles. The van der Waals surface area contributed by atoms with Gasteiger partial charge >= 0.3 is 0 Å². The van der Waals surface area contributed by atoms with Crippen LogP contribution >= 0.6 is 0 Å². The summed E-state index contributed by atoms with van der Waals surface area (Å²) in [6.45, 7) is 4.59. The fourth-order valence-corrected chi connectivity index (χ4v) is 3.37. The van der Waals surface area contributed by atoms with Crippen molar-refractivity contribution in [2.45, 2.75) is 19.4 Å². The molecule has 1 saturated heterocycles. The van der Waals surface area contributed by atoms with E-state index < -0.39 is 0 Å². The Morgan fingerprint density at radius 3 is 2.69 bits per heavy atom. The average molecular weight is 396 g/mol. The van der Waals surface area contributed by atoms with Gasteiger partial charge in [0.15, 0.2) is 5.96 Å². The summed E-state index contributed by atoms with van der Waals surface area (Å²) in [5, 5.41) is 9.52. The van der Waals surface area contributed by atoms with Crippen LogP contribution in [0.2, 0.25) is 0 Å². The number of nitrogens with one attached hydrogen (secondary N) is 3. The summed E-state index contributed by atoms with van der Waals surface area (Å²) in [5.74, 6) is 1.39. The normalized spacial score (nSPS) is 16.4. The van der Waals surface area contributed by atoms with E-state index in [0.29, 0.717) is 5.96 Å². The van der Waals surface area contributed by atoms with Crippen LogP contribution in [0.3, 0.4) is 0 Å². The second-order valence-corrected chi connectivity index (χ2v) is 6.86. The monoisotopic (exact) mass is 395 g/mol. The highest BCUT2D eigenvalue weighted by molar-refractivity contribution is 5.94. The third-order valence-corrected chi connectivity index (χ3v) is 4.74. The van der Waals surface area contributed by atoms with Gasteiger partial charge < -0.3 is 25.6 Å². The highest BCUT2D eigenvalue weighted by Crippen LogP contribution is 2.30. The minimum Gasteiger partial charge on any atom is -0.495 e. The first-order valence-electron chi connectivity index (χ1n) is 9.97. The number of benzene rings is 2. The molecule has 0 aliphatic carbocycles. The molecule has 0 bridgehead atoms. The number of hydrogen-bond donors (Lipinski definition) is 3. The van der Waals surface area contributed by atoms with Gasteiger partial charge in [0.2, 0.25) is 5.91 Å². The molecule has 1 atom stereocenters. The molecule has 1 aliphatic rings. The van der Waals surface area contributed by atoms with Gasteiger partial charge in [-0.1, -0.05) is 30.3 Å². The Bertz CT molecular complexity index is 825. The van der Waals surface area contributed by atoms with E-state index in [1.807, 2.05) is 55.5 Å². The van der Waals surface area contributed by atoms with Crippen LogP contribution in [0.1, 0.15) is 13.3 Å². The highest BCUT2D eigenvalue weighted by atomic mass is 16.5. The fourth-order valence-electron chi connectivity index (χ4n) is 3.37. The predicted octanol–water partition coefficient (Wildman–Crippen LogP) is 2.47. The van der Waals surface area contributed by atoms with Crippen LogP contribution in [-0.2, 0) is 4.79 Å². The van der Waals surface area contributed by atoms with Gasteiger partial charge in [0.25, 0.3) is 0 Å². The molecule has 0 spiro atoms. The van der Waals surface area contributed by atoms with Crippen molar-refractivity contribution in [1.82, 2.24) is 10.6 Å². The van der Waals surface area contributed by atoms with Gasteiger partial charge in [-0.25, -0.2) is 4.99 Å². The SMILES string of the molecule is CCNC(=NCC(=O)Nc1ccccc1)NC1CCN(c2ccccc2OC)C1. The lowest BCUT2D eigenvalue weighted by Gasteiger charge is -2.22. The lowest BCUT2D eigenvalue weighted by Crippen LogP contribution is -2.45. The standard InChI is InChI=1S/C22H29N5O2/c1-3-23-22(24-15-21(28)25-17-9-5-4-6-10-17)26-18-13-14-27(16-18)19-11-7-8-12-20(19)29-2/h4-12,18H,3,13-16H2,1-2H3,(H,25,28)(H2,23,24,26). The Morgan fingerprint density at radius 1 is 1.17 bits per heavy atom. The molecule has 3 N–H and O–H groups in total. The van der Waals surface area contributed by atoms with Crippen molar-refractivity contribution in [1.29, 1.82) is 0 Å². The number of nitrogens with zero attached hydrogens (tertiary/aromatic N) is 2. The maximum atomic E-state index is 12.2. The topological polar surface area (TPSA) is 78.0 Å². The number of methoxy groups -OCH3 is 1. The number of amides is 1. The van der Waals surface area contributed by atoms with Crippen LogP contribution in [0.5, 0.6) is 5.75 Å². The second-order valence-electron chi connectivity index (χ2n) is 6.86. The summed E-state index contributed by atoms with van der Waals surface area (Å²) in [6.07, 6.45) is 0.985. The van der Waals surface area contributed by atoms with E-state index in [0.717, 1.165) is 43.2 Å². The van der Waals surface area contributed by atoms with Crippen molar-refractivity contribution in [3.8, 4) is 5.75 Å². The molecule has 7 nitrogen and oxygen atoms in total. The smallest absolute Gasteiger partial charge is 0.246 e. The maximum Gasteiger partial charge on any atom is 0.246 e. The molecule has 0 aromatic heterocycles. The lowest BCUT2D eigenvalue weighted by molar-refractivity contribution is -0.114. The molecule has 2 aromatic rings. The largest absolute Gasteiger partial charge is 0.495 e. The van der Waals surface area contributed by atoms with Crippen LogP contribution in [0, 0.1) is 0 Å². The van der Waals surface area contributed by atoms with Crippen LogP contribution in [0.4, 0.5) is 11.4 Å². The van der Waals surface area contributed by atoms with Crippen molar-refractivity contribution in [3.63, 3.8) is 0 Å². The van der Waals surface area contributed by atoms with E-state index in [2.05, 4.69) is 31.9 Å². The summed E-state index contributed by atoms with van der Waals surface area (Å²) in [7, 11) is 1.70. The van der Waals surface area contributed by atoms with E-state index >= 15 is 0 Å². The van der Waals surface area contributed by atoms with Gasteiger partial charge in [-0.05, 0) is 37.6 Å². The number of guanidine groups is 1. The average Bonchev–Trinajstić information content (AvgIpc) is 3.21. The van der Waals surface area contributed by atoms with Gasteiger partial charge in [0.05, 0.1) is 12.8 Å². The molecule has 1 aliphatic heterocycles. The van der Waals surface area contributed by atoms with Gasteiger partial charge in [0.1, 0.15) is 12.3 Å². The van der Waals surface area contributed by atoms with Gasteiger partial charge in [-0.15, -0.1) is 0 Å². The van der Waals surface area contributed by atoms with Crippen LogP contribution < -0.4 is 25.6 Å². The number of anilines is 2. The molecule has 3 rings (SSSR count). The number of carbonyl (C=O) groups excluding carboxylic acids is 1. The Balaban J connectivity index is 1.56. The summed E-state index contributed by atoms with van der Waals surface area (Å²) in [6, 6.07) is 17.7. The Labute approximate surface area is 172 Å². The number of ether oxygens (including phenoxy) is 1. The summed E-state index contributed by atoms with van der Waals surface area (Å²) in [4.78, 5) is 18.9. The maximum absolute atomic E-state index is 12.2. The molecule has 154 valence electrons. The van der Waals surface area contributed by atoms with E-state index in [9.17, 15) is 4.79 Å². The minimum absolute atomic E-state index is 0.0627. The van der Waals surface area contributed by atoms with E-state index in [1.165, 1.54) is 0 Å². The summed E-state index contributed by atoms with van der Waals surface area (Å²) >= 11 is 0. The Morgan fingerprint density at radius 2 is 1.93 bits per heavy atom. The van der Waals surface area contributed by atoms with Gasteiger partial charge in [0, 0.05) is 31.4 Å². The quantitative estimate of drug-likeness (QED) is 0.496. The number of aliphatic imine (C=N–C) groups is 1. The van der Waals surface area contributed by atoms with E-state index in [-0.39, 0.29) is 18.5 Å². The zero-order valence-electron chi connectivity index (χ0n) is 17.0. The molecular formula is C22H29N5O2. The van der Waals surface area contributed by atoms with E-state index in [4.69, 9.17) is 4.74 Å². The van der Waals surface area contributed by atoms with Crippen LogP contribution in [0.15, 0.2) is 59.6 Å². The number of hydrogen-bond acceptors (Lipinski definition) is 4. The van der Waals surface area contributed by atoms with Crippen molar-refractivity contribution in [3.05, 3.63) is 54.6 Å². The minimum atomic E-state index is -0.143. The Hall–Kier alpha value is -3.22. The molecule has 1 fully saturated rings. The van der Waals surface area contributed by atoms with Crippen molar-refractivity contribution >= 4 is 23.2 Å². The first-order chi connectivity index (χ1) is 14.2. The zero-order valence-corrected chi connectivity index (χ0v) is 17.0. The number of rotatable bonds is 7. The molecular weight excluding hydrogens is 366 g/mol. The van der Waals surface area contributed by atoms with Gasteiger partial charge in [-0.3, -0.25) is 4.79 Å². The predicted molar refractivity (Wildman–Crippen MR) is 118 cm³/mol. The summed E-state index contributed by atoms with van der Waals surface area (Å²) in [5.41, 5.74) is 1.87. The lowest BCUT2D eigenvalue weighted by atomic mass is 10.2. The van der Waals surface area contributed by atoms with Crippen molar-refractivity contribution in [2.75, 3.05) is 43.5 Å². The molecule has 29 heavy (non-hydrogen) atoms. The molecule has 1 unspecified atom stereocenters. The molecule has 1 heterocycles. The van der Waals surface area contributed by atoms with Crippen molar-refractivity contribution < 1.29 is 9.53 Å². The first kappa shape index (κ1) is 20.5.